The smallest absolute Gasteiger partial charge is 0.294 e. The van der Waals surface area contributed by atoms with E-state index in [1.165, 1.54) is 18.3 Å². The summed E-state index contributed by atoms with van der Waals surface area (Å²) in [6.07, 6.45) is 6.51. The Morgan fingerprint density at radius 1 is 0.946 bits per heavy atom. The van der Waals surface area contributed by atoms with Crippen LogP contribution < -0.4 is 29.2 Å². The van der Waals surface area contributed by atoms with Crippen molar-refractivity contribution in [3.8, 4) is 23.0 Å². The molecule has 1 saturated carbocycles. The van der Waals surface area contributed by atoms with Crippen molar-refractivity contribution in [3.63, 3.8) is 0 Å². The Kier molecular flexibility index (Phi) is 7.20. The third-order valence-electron chi connectivity index (χ3n) is 6.77. The van der Waals surface area contributed by atoms with Crippen LogP contribution in [0, 0.1) is 0 Å². The third-order valence-corrected chi connectivity index (χ3v) is 6.77. The SMILES string of the molecule is COc1ccc(C(C(=O)NC2CCCCC2)N(C(=O)c2ccco2)c2ccc3c(c2)OCO3)cc1OC. The summed E-state index contributed by atoms with van der Waals surface area (Å²) in [4.78, 5) is 29.4. The highest BCUT2D eigenvalue weighted by Crippen LogP contribution is 2.40. The fourth-order valence-corrected chi connectivity index (χ4v) is 4.91. The molecule has 1 N–H and O–H groups in total. The number of hydrogen-bond acceptors (Lipinski definition) is 7. The molecule has 1 aliphatic carbocycles. The Morgan fingerprint density at radius 2 is 1.73 bits per heavy atom. The van der Waals surface area contributed by atoms with E-state index in [0.29, 0.717) is 34.2 Å². The van der Waals surface area contributed by atoms with Crippen molar-refractivity contribution < 1.29 is 33.0 Å². The lowest BCUT2D eigenvalue weighted by Gasteiger charge is -2.33. The number of benzene rings is 2. The maximum absolute atomic E-state index is 14.0. The standard InChI is InChI=1S/C28H30N2O7/c1-33-21-12-10-18(15-24(21)34-2)26(27(31)29-19-7-4-3-5-8-19)30(28(32)23-9-6-14-35-23)20-11-13-22-25(16-20)37-17-36-22/h6,9-16,19,26H,3-5,7-8,17H2,1-2H3,(H,29,31). The number of anilines is 1. The monoisotopic (exact) mass is 506 g/mol. The van der Waals surface area contributed by atoms with Gasteiger partial charge in [0.05, 0.1) is 20.5 Å². The van der Waals surface area contributed by atoms with Crippen molar-refractivity contribution in [1.29, 1.82) is 0 Å². The topological polar surface area (TPSA) is 99.5 Å². The van der Waals surface area contributed by atoms with Gasteiger partial charge >= 0.3 is 0 Å². The van der Waals surface area contributed by atoms with E-state index in [1.54, 1.807) is 55.6 Å². The average Bonchev–Trinajstić information content (AvgIpc) is 3.63. The Bertz CT molecular complexity index is 1250. The number of carbonyl (C=O) groups is 2. The number of methoxy groups -OCH3 is 2. The van der Waals surface area contributed by atoms with Crippen molar-refractivity contribution in [1.82, 2.24) is 5.32 Å². The number of fused-ring (bicyclic) bond motifs is 1. The van der Waals surface area contributed by atoms with Gasteiger partial charge in [0.15, 0.2) is 28.8 Å². The lowest BCUT2D eigenvalue weighted by Crippen LogP contribution is -2.47. The Morgan fingerprint density at radius 3 is 2.46 bits per heavy atom. The molecule has 1 aromatic heterocycles. The van der Waals surface area contributed by atoms with Gasteiger partial charge in [0.25, 0.3) is 5.91 Å². The zero-order valence-corrected chi connectivity index (χ0v) is 20.9. The molecule has 194 valence electrons. The molecule has 5 rings (SSSR count). The predicted octanol–water partition coefficient (Wildman–Crippen LogP) is 4.86. The summed E-state index contributed by atoms with van der Waals surface area (Å²) >= 11 is 0. The molecule has 1 fully saturated rings. The summed E-state index contributed by atoms with van der Waals surface area (Å²) in [6, 6.07) is 12.6. The van der Waals surface area contributed by atoms with Gasteiger partial charge in [-0.3, -0.25) is 14.5 Å². The van der Waals surface area contributed by atoms with Crippen LogP contribution in [0.3, 0.4) is 0 Å². The second kappa shape index (κ2) is 10.9. The fourth-order valence-electron chi connectivity index (χ4n) is 4.91. The molecule has 1 aliphatic heterocycles. The largest absolute Gasteiger partial charge is 0.493 e. The second-order valence-electron chi connectivity index (χ2n) is 9.05. The summed E-state index contributed by atoms with van der Waals surface area (Å²) in [6.45, 7) is 0.0895. The summed E-state index contributed by atoms with van der Waals surface area (Å²) in [7, 11) is 3.08. The molecule has 1 atom stereocenters. The molecule has 1 unspecified atom stereocenters. The maximum atomic E-state index is 14.0. The zero-order chi connectivity index (χ0) is 25.8. The first-order valence-corrected chi connectivity index (χ1v) is 12.4. The molecule has 3 aromatic rings. The minimum absolute atomic E-state index is 0.0428. The predicted molar refractivity (Wildman–Crippen MR) is 135 cm³/mol. The van der Waals surface area contributed by atoms with Crippen LogP contribution in [0.5, 0.6) is 23.0 Å². The Labute approximate surface area is 215 Å². The number of ether oxygens (including phenoxy) is 4. The summed E-state index contributed by atoms with van der Waals surface area (Å²) in [5.41, 5.74) is 1.02. The van der Waals surface area contributed by atoms with Gasteiger partial charge in [-0.15, -0.1) is 0 Å². The van der Waals surface area contributed by atoms with E-state index >= 15 is 0 Å². The van der Waals surface area contributed by atoms with E-state index in [0.717, 1.165) is 32.1 Å². The maximum Gasteiger partial charge on any atom is 0.294 e. The van der Waals surface area contributed by atoms with Crippen LogP contribution in [-0.2, 0) is 4.79 Å². The minimum atomic E-state index is -1.03. The number of nitrogens with zero attached hydrogens (tertiary/aromatic N) is 1. The Balaban J connectivity index is 1.62. The van der Waals surface area contributed by atoms with Crippen LogP contribution in [0.15, 0.2) is 59.2 Å². The Hall–Kier alpha value is -4.14. The van der Waals surface area contributed by atoms with Crippen LogP contribution in [0.1, 0.15) is 54.3 Å². The zero-order valence-electron chi connectivity index (χ0n) is 20.9. The fraction of sp³-hybridized carbons (Fsp3) is 0.357. The van der Waals surface area contributed by atoms with Gasteiger partial charge in [0, 0.05) is 17.8 Å². The summed E-state index contributed by atoms with van der Waals surface area (Å²) < 4.78 is 27.4. The highest BCUT2D eigenvalue weighted by Gasteiger charge is 2.37. The number of rotatable bonds is 8. The van der Waals surface area contributed by atoms with Gasteiger partial charge in [-0.2, -0.15) is 0 Å². The molecule has 2 amide bonds. The van der Waals surface area contributed by atoms with Crippen LogP contribution in [0.25, 0.3) is 0 Å². The van der Waals surface area contributed by atoms with Crippen LogP contribution in [0.2, 0.25) is 0 Å². The van der Waals surface area contributed by atoms with Gasteiger partial charge < -0.3 is 28.7 Å². The molecule has 0 spiro atoms. The van der Waals surface area contributed by atoms with Crippen molar-refractivity contribution in [3.05, 3.63) is 66.1 Å². The molecule has 37 heavy (non-hydrogen) atoms. The number of furan rings is 1. The van der Waals surface area contributed by atoms with Crippen LogP contribution in [0.4, 0.5) is 5.69 Å². The third kappa shape index (κ3) is 5.07. The molecular weight excluding hydrogens is 476 g/mol. The van der Waals surface area contributed by atoms with Gasteiger partial charge in [-0.1, -0.05) is 25.3 Å². The number of carbonyl (C=O) groups excluding carboxylic acids is 2. The molecule has 0 radical (unpaired) electrons. The van der Waals surface area contributed by atoms with Gasteiger partial charge in [0.1, 0.15) is 6.04 Å². The van der Waals surface area contributed by atoms with Crippen molar-refractivity contribution in [2.45, 2.75) is 44.2 Å². The normalized spacial score (nSPS) is 15.6. The minimum Gasteiger partial charge on any atom is -0.493 e. The highest BCUT2D eigenvalue weighted by molar-refractivity contribution is 6.09. The molecule has 9 nitrogen and oxygen atoms in total. The van der Waals surface area contributed by atoms with Crippen molar-refractivity contribution in [2.75, 3.05) is 25.9 Å². The van der Waals surface area contributed by atoms with Crippen LogP contribution >= 0.6 is 0 Å². The molecular formula is C28H30N2O7. The number of hydrogen-bond donors (Lipinski definition) is 1. The molecule has 0 saturated heterocycles. The second-order valence-corrected chi connectivity index (χ2v) is 9.05. The first kappa shape index (κ1) is 24.5. The number of nitrogens with one attached hydrogen (secondary N) is 1. The average molecular weight is 507 g/mol. The van der Waals surface area contributed by atoms with Gasteiger partial charge in [0.2, 0.25) is 12.7 Å². The lowest BCUT2D eigenvalue weighted by molar-refractivity contribution is -0.123. The first-order chi connectivity index (χ1) is 18.1. The van der Waals surface area contributed by atoms with E-state index in [-0.39, 0.29) is 24.5 Å². The van der Waals surface area contributed by atoms with Crippen molar-refractivity contribution >= 4 is 17.5 Å². The summed E-state index contributed by atoms with van der Waals surface area (Å²) in [5.74, 6) is 1.38. The van der Waals surface area contributed by atoms with E-state index in [2.05, 4.69) is 5.32 Å². The van der Waals surface area contributed by atoms with Crippen molar-refractivity contribution in [2.24, 2.45) is 0 Å². The van der Waals surface area contributed by atoms with E-state index in [4.69, 9.17) is 23.4 Å². The molecule has 2 heterocycles. The molecule has 2 aliphatic rings. The lowest BCUT2D eigenvalue weighted by atomic mass is 9.94. The highest BCUT2D eigenvalue weighted by atomic mass is 16.7. The first-order valence-electron chi connectivity index (χ1n) is 12.4. The molecule has 2 aromatic carbocycles. The van der Waals surface area contributed by atoms with E-state index < -0.39 is 11.9 Å². The summed E-state index contributed by atoms with van der Waals surface area (Å²) in [5, 5.41) is 3.19. The molecule has 9 heteroatoms. The van der Waals surface area contributed by atoms with Gasteiger partial charge in [-0.05, 0) is 54.8 Å². The van der Waals surface area contributed by atoms with Gasteiger partial charge in [-0.25, -0.2) is 0 Å². The quantitative estimate of drug-likeness (QED) is 0.466. The molecule has 0 bridgehead atoms. The van der Waals surface area contributed by atoms with E-state index in [9.17, 15) is 9.59 Å². The van der Waals surface area contributed by atoms with Crippen LogP contribution in [-0.4, -0.2) is 38.9 Å². The van der Waals surface area contributed by atoms with E-state index in [1.807, 2.05) is 0 Å². The number of amides is 2.